The van der Waals surface area contributed by atoms with Gasteiger partial charge in [0.15, 0.2) is 6.04 Å². The van der Waals surface area contributed by atoms with Crippen LogP contribution in [0.15, 0.2) is 0 Å². The summed E-state index contributed by atoms with van der Waals surface area (Å²) in [5.74, 6) is -1.51. The summed E-state index contributed by atoms with van der Waals surface area (Å²) in [6.45, 7) is 1.27. The third-order valence-electron chi connectivity index (χ3n) is 3.15. The molecule has 1 heterocycles. The van der Waals surface area contributed by atoms with Crippen molar-refractivity contribution in [1.29, 1.82) is 0 Å². The SMILES string of the molecule is COCC(NC(=O)C1(OC)CCNCC1)C(=O)O. The van der Waals surface area contributed by atoms with Crippen LogP contribution in [0, 0.1) is 0 Å². The fourth-order valence-electron chi connectivity index (χ4n) is 1.99. The van der Waals surface area contributed by atoms with E-state index in [4.69, 9.17) is 14.6 Å². The van der Waals surface area contributed by atoms with Crippen LogP contribution in [-0.2, 0) is 19.1 Å². The molecule has 0 aromatic heterocycles. The van der Waals surface area contributed by atoms with Gasteiger partial charge in [0.25, 0.3) is 5.91 Å². The van der Waals surface area contributed by atoms with Gasteiger partial charge in [-0.2, -0.15) is 0 Å². The Hall–Kier alpha value is -1.18. The number of aliphatic carboxylic acids is 1. The first-order valence-electron chi connectivity index (χ1n) is 5.84. The molecular formula is C11H20N2O5. The number of rotatable bonds is 6. The average molecular weight is 260 g/mol. The molecule has 1 aliphatic rings. The summed E-state index contributed by atoms with van der Waals surface area (Å²) in [4.78, 5) is 23.1. The maximum atomic E-state index is 12.2. The van der Waals surface area contributed by atoms with E-state index in [2.05, 4.69) is 10.6 Å². The quantitative estimate of drug-likeness (QED) is 0.565. The van der Waals surface area contributed by atoms with Crippen LogP contribution < -0.4 is 10.6 Å². The molecule has 0 aromatic carbocycles. The van der Waals surface area contributed by atoms with Gasteiger partial charge in [-0.05, 0) is 25.9 Å². The summed E-state index contributed by atoms with van der Waals surface area (Å²) in [7, 11) is 2.86. The van der Waals surface area contributed by atoms with Crippen LogP contribution in [-0.4, -0.2) is 62.5 Å². The van der Waals surface area contributed by atoms with Crippen molar-refractivity contribution >= 4 is 11.9 Å². The standard InChI is InChI=1S/C11H20N2O5/c1-17-7-8(9(14)15)13-10(16)11(18-2)3-5-12-6-4-11/h8,12H,3-7H2,1-2H3,(H,13,16)(H,14,15). The van der Waals surface area contributed by atoms with E-state index in [1.54, 1.807) is 0 Å². The van der Waals surface area contributed by atoms with Crippen molar-refractivity contribution in [2.75, 3.05) is 33.9 Å². The number of hydrogen-bond donors (Lipinski definition) is 3. The molecule has 0 bridgehead atoms. The zero-order valence-electron chi connectivity index (χ0n) is 10.7. The van der Waals surface area contributed by atoms with Crippen LogP contribution in [0.5, 0.6) is 0 Å². The maximum absolute atomic E-state index is 12.2. The average Bonchev–Trinajstić information content (AvgIpc) is 2.38. The molecule has 7 nitrogen and oxygen atoms in total. The van der Waals surface area contributed by atoms with E-state index in [1.165, 1.54) is 14.2 Å². The van der Waals surface area contributed by atoms with Gasteiger partial charge in [0.1, 0.15) is 5.60 Å². The van der Waals surface area contributed by atoms with Gasteiger partial charge >= 0.3 is 5.97 Å². The van der Waals surface area contributed by atoms with E-state index in [0.717, 1.165) is 0 Å². The summed E-state index contributed by atoms with van der Waals surface area (Å²) in [5.41, 5.74) is -0.938. The molecule has 1 amide bonds. The van der Waals surface area contributed by atoms with Crippen LogP contribution in [0.2, 0.25) is 0 Å². The maximum Gasteiger partial charge on any atom is 0.328 e. The Morgan fingerprint density at radius 3 is 2.44 bits per heavy atom. The lowest BCUT2D eigenvalue weighted by Crippen LogP contribution is -2.58. The largest absolute Gasteiger partial charge is 0.480 e. The van der Waals surface area contributed by atoms with E-state index in [-0.39, 0.29) is 6.61 Å². The van der Waals surface area contributed by atoms with Gasteiger partial charge < -0.3 is 25.2 Å². The lowest BCUT2D eigenvalue weighted by atomic mass is 9.91. The Morgan fingerprint density at radius 1 is 1.39 bits per heavy atom. The topological polar surface area (TPSA) is 96.9 Å². The van der Waals surface area contributed by atoms with Crippen LogP contribution in [0.25, 0.3) is 0 Å². The molecule has 104 valence electrons. The highest BCUT2D eigenvalue weighted by molar-refractivity contribution is 5.89. The number of hydrogen-bond acceptors (Lipinski definition) is 5. The number of carboxylic acid groups (broad SMARTS) is 1. The van der Waals surface area contributed by atoms with Gasteiger partial charge in [0.2, 0.25) is 0 Å². The molecule has 0 spiro atoms. The summed E-state index contributed by atoms with van der Waals surface area (Å²) in [6.07, 6.45) is 1.04. The van der Waals surface area contributed by atoms with Crippen LogP contribution in [0.4, 0.5) is 0 Å². The highest BCUT2D eigenvalue weighted by Gasteiger charge is 2.41. The number of amides is 1. The molecule has 18 heavy (non-hydrogen) atoms. The third-order valence-corrected chi connectivity index (χ3v) is 3.15. The monoisotopic (exact) mass is 260 g/mol. The number of methoxy groups -OCH3 is 2. The van der Waals surface area contributed by atoms with E-state index < -0.39 is 23.5 Å². The zero-order chi connectivity index (χ0) is 13.6. The minimum atomic E-state index is -1.12. The molecule has 1 aliphatic heterocycles. The second-order valence-electron chi connectivity index (χ2n) is 4.27. The normalized spacial score (nSPS) is 20.1. The van der Waals surface area contributed by atoms with Crippen LogP contribution >= 0.6 is 0 Å². The van der Waals surface area contributed by atoms with Gasteiger partial charge in [0.05, 0.1) is 6.61 Å². The Kier molecular flexibility index (Phi) is 5.52. The predicted molar refractivity (Wildman–Crippen MR) is 63.3 cm³/mol. The summed E-state index contributed by atoms with van der Waals surface area (Å²) in [5, 5.41) is 14.6. The molecule has 1 fully saturated rings. The van der Waals surface area contributed by atoms with E-state index >= 15 is 0 Å². The summed E-state index contributed by atoms with van der Waals surface area (Å²) < 4.78 is 10.1. The van der Waals surface area contributed by atoms with Crippen molar-refractivity contribution in [2.24, 2.45) is 0 Å². The van der Waals surface area contributed by atoms with Crippen molar-refractivity contribution < 1.29 is 24.2 Å². The molecule has 1 unspecified atom stereocenters. The van der Waals surface area contributed by atoms with Crippen LogP contribution in [0.3, 0.4) is 0 Å². The number of piperidine rings is 1. The zero-order valence-corrected chi connectivity index (χ0v) is 10.7. The Morgan fingerprint density at radius 2 is 2.00 bits per heavy atom. The lowest BCUT2D eigenvalue weighted by molar-refractivity contribution is -0.153. The Labute approximate surface area is 106 Å². The lowest BCUT2D eigenvalue weighted by Gasteiger charge is -2.35. The first kappa shape index (κ1) is 14.9. The van der Waals surface area contributed by atoms with Gasteiger partial charge in [0, 0.05) is 14.2 Å². The Bertz CT molecular complexity index is 302. The second kappa shape index (κ2) is 6.67. The minimum absolute atomic E-state index is 0.0703. The summed E-state index contributed by atoms with van der Waals surface area (Å²) in [6, 6.07) is -1.05. The molecular weight excluding hydrogens is 240 g/mol. The number of nitrogens with one attached hydrogen (secondary N) is 2. The molecule has 0 aromatic rings. The molecule has 1 atom stereocenters. The fraction of sp³-hybridized carbons (Fsp3) is 0.818. The Balaban J connectivity index is 2.68. The fourth-order valence-corrected chi connectivity index (χ4v) is 1.99. The molecule has 1 saturated heterocycles. The third kappa shape index (κ3) is 3.41. The first-order chi connectivity index (χ1) is 8.55. The number of carbonyl (C=O) groups is 2. The second-order valence-corrected chi connectivity index (χ2v) is 4.27. The van der Waals surface area contributed by atoms with Crippen LogP contribution in [0.1, 0.15) is 12.8 Å². The molecule has 7 heteroatoms. The van der Waals surface area contributed by atoms with Gasteiger partial charge in [-0.25, -0.2) is 4.79 Å². The summed E-state index contributed by atoms with van der Waals surface area (Å²) >= 11 is 0. The smallest absolute Gasteiger partial charge is 0.328 e. The van der Waals surface area contributed by atoms with Crippen molar-refractivity contribution in [3.63, 3.8) is 0 Å². The number of carbonyl (C=O) groups excluding carboxylic acids is 1. The number of carboxylic acids is 1. The van der Waals surface area contributed by atoms with E-state index in [1.807, 2.05) is 0 Å². The van der Waals surface area contributed by atoms with Crippen molar-refractivity contribution in [3.8, 4) is 0 Å². The number of ether oxygens (including phenoxy) is 2. The highest BCUT2D eigenvalue weighted by atomic mass is 16.5. The highest BCUT2D eigenvalue weighted by Crippen LogP contribution is 2.22. The molecule has 0 saturated carbocycles. The van der Waals surface area contributed by atoms with Crippen molar-refractivity contribution in [1.82, 2.24) is 10.6 Å². The van der Waals surface area contributed by atoms with Crippen molar-refractivity contribution in [2.45, 2.75) is 24.5 Å². The predicted octanol–water partition coefficient (Wildman–Crippen LogP) is -1.03. The molecule has 0 aliphatic carbocycles. The van der Waals surface area contributed by atoms with E-state index in [9.17, 15) is 9.59 Å². The van der Waals surface area contributed by atoms with Gasteiger partial charge in [-0.3, -0.25) is 4.79 Å². The van der Waals surface area contributed by atoms with Gasteiger partial charge in [-0.1, -0.05) is 0 Å². The first-order valence-corrected chi connectivity index (χ1v) is 5.84. The minimum Gasteiger partial charge on any atom is -0.480 e. The van der Waals surface area contributed by atoms with E-state index in [0.29, 0.717) is 25.9 Å². The molecule has 3 N–H and O–H groups in total. The van der Waals surface area contributed by atoms with Gasteiger partial charge in [-0.15, -0.1) is 0 Å². The molecule has 0 radical (unpaired) electrons. The van der Waals surface area contributed by atoms with Crippen molar-refractivity contribution in [3.05, 3.63) is 0 Å². The molecule has 1 rings (SSSR count).